The van der Waals surface area contributed by atoms with Crippen molar-refractivity contribution in [2.75, 3.05) is 0 Å². The molecule has 0 aliphatic rings. The summed E-state index contributed by atoms with van der Waals surface area (Å²) in [6, 6.07) is 0. The third-order valence-corrected chi connectivity index (χ3v) is 1.11. The Morgan fingerprint density at radius 2 is 2.20 bits per heavy atom. The van der Waals surface area contributed by atoms with Crippen LogP contribution in [0.5, 0.6) is 0 Å². The van der Waals surface area contributed by atoms with Gasteiger partial charge in [0, 0.05) is 6.42 Å². The molecule has 0 radical (unpaired) electrons. The fraction of sp³-hybridized carbons (Fsp3) is 0.500. The second kappa shape index (κ2) is 6.20. The van der Waals surface area contributed by atoms with Crippen molar-refractivity contribution in [3.8, 4) is 0 Å². The number of rotatable bonds is 5. The van der Waals surface area contributed by atoms with Gasteiger partial charge in [-0.2, -0.15) is 0 Å². The van der Waals surface area contributed by atoms with Crippen LogP contribution in [0.25, 0.3) is 0 Å². The molecule has 0 N–H and O–H groups in total. The van der Waals surface area contributed by atoms with E-state index >= 15 is 0 Å². The first-order chi connectivity index (χ1) is 4.77. The van der Waals surface area contributed by atoms with E-state index < -0.39 is 0 Å². The molecule has 0 fully saturated rings. The Kier molecular flexibility index (Phi) is 5.63. The van der Waals surface area contributed by atoms with Crippen LogP contribution in [0.1, 0.15) is 26.2 Å². The van der Waals surface area contributed by atoms with Crippen molar-refractivity contribution >= 4 is 12.1 Å². The minimum Gasteiger partial charge on any atom is -0.300 e. The molecule has 0 unspecified atom stereocenters. The van der Waals surface area contributed by atoms with Gasteiger partial charge in [0.2, 0.25) is 0 Å². The Bertz CT molecular complexity index is 136. The van der Waals surface area contributed by atoms with Crippen LogP contribution in [-0.4, -0.2) is 12.1 Å². The Labute approximate surface area is 60.9 Å². The highest BCUT2D eigenvalue weighted by molar-refractivity contribution is 5.75. The van der Waals surface area contributed by atoms with Crippen molar-refractivity contribution in [2.24, 2.45) is 0 Å². The van der Waals surface area contributed by atoms with Gasteiger partial charge in [0.15, 0.2) is 0 Å². The van der Waals surface area contributed by atoms with E-state index in [1.54, 1.807) is 13.0 Å². The van der Waals surface area contributed by atoms with Gasteiger partial charge in [-0.3, -0.25) is 4.79 Å². The third-order valence-electron chi connectivity index (χ3n) is 1.11. The molecule has 0 heterocycles. The maximum Gasteiger partial charge on any atom is 0.142 e. The van der Waals surface area contributed by atoms with Crippen molar-refractivity contribution in [2.45, 2.75) is 26.2 Å². The Balaban J connectivity index is 3.12. The predicted octanol–water partition coefficient (Wildman–Crippen LogP) is 1.50. The van der Waals surface area contributed by atoms with Gasteiger partial charge in [-0.05, 0) is 25.8 Å². The molecule has 0 bridgehead atoms. The normalized spacial score (nSPS) is 10.1. The molecule has 0 amide bonds. The number of hydrogen-bond donors (Lipinski definition) is 0. The average molecular weight is 140 g/mol. The highest BCUT2D eigenvalue weighted by Crippen LogP contribution is 1.96. The topological polar surface area (TPSA) is 34.1 Å². The van der Waals surface area contributed by atoms with Gasteiger partial charge in [0.25, 0.3) is 0 Å². The largest absolute Gasteiger partial charge is 0.300 e. The summed E-state index contributed by atoms with van der Waals surface area (Å²) in [7, 11) is 0. The Morgan fingerprint density at radius 1 is 1.50 bits per heavy atom. The van der Waals surface area contributed by atoms with Gasteiger partial charge in [0.05, 0.1) is 0 Å². The second-order valence-corrected chi connectivity index (χ2v) is 2.16. The number of hydrogen-bond acceptors (Lipinski definition) is 2. The standard InChI is InChI=1S/C8H12O2/c1-8(10)6-4-2-3-5-7-9/h3,5,7H,2,4,6H2,1H3/b5-3+. The SMILES string of the molecule is CC(=O)CCC/C=C/C=O. The lowest BCUT2D eigenvalue weighted by Crippen LogP contribution is -1.87. The summed E-state index contributed by atoms with van der Waals surface area (Å²) in [6.07, 6.45) is 6.25. The van der Waals surface area contributed by atoms with Crippen molar-refractivity contribution in [1.82, 2.24) is 0 Å². The van der Waals surface area contributed by atoms with Crippen LogP contribution in [0.3, 0.4) is 0 Å². The van der Waals surface area contributed by atoms with E-state index in [1.165, 1.54) is 6.08 Å². The number of carbonyl (C=O) groups is 2. The van der Waals surface area contributed by atoms with Crippen LogP contribution in [0.4, 0.5) is 0 Å². The lowest BCUT2D eigenvalue weighted by Gasteiger charge is -1.88. The number of unbranched alkanes of at least 4 members (excludes halogenated alkanes) is 1. The molecule has 2 heteroatoms. The molecule has 0 aromatic heterocycles. The zero-order valence-electron chi connectivity index (χ0n) is 6.17. The number of allylic oxidation sites excluding steroid dienone is 2. The molecule has 0 atom stereocenters. The molecule has 0 saturated carbocycles. The zero-order valence-corrected chi connectivity index (χ0v) is 6.17. The van der Waals surface area contributed by atoms with E-state index in [0.717, 1.165) is 19.1 Å². The lowest BCUT2D eigenvalue weighted by molar-refractivity contribution is -0.117. The molecular weight excluding hydrogens is 128 g/mol. The zero-order chi connectivity index (χ0) is 7.82. The second-order valence-electron chi connectivity index (χ2n) is 2.16. The molecule has 0 aliphatic heterocycles. The predicted molar refractivity (Wildman–Crippen MR) is 39.7 cm³/mol. The summed E-state index contributed by atoms with van der Waals surface area (Å²) in [4.78, 5) is 20.1. The van der Waals surface area contributed by atoms with E-state index in [0.29, 0.717) is 6.42 Å². The van der Waals surface area contributed by atoms with Crippen LogP contribution >= 0.6 is 0 Å². The maximum absolute atomic E-state index is 10.4. The smallest absolute Gasteiger partial charge is 0.142 e. The maximum atomic E-state index is 10.4. The van der Waals surface area contributed by atoms with Crippen LogP contribution in [0, 0.1) is 0 Å². The number of ketones is 1. The molecule has 2 nitrogen and oxygen atoms in total. The van der Waals surface area contributed by atoms with Gasteiger partial charge >= 0.3 is 0 Å². The Morgan fingerprint density at radius 3 is 2.70 bits per heavy atom. The van der Waals surface area contributed by atoms with Crippen molar-refractivity contribution in [3.05, 3.63) is 12.2 Å². The van der Waals surface area contributed by atoms with E-state index in [2.05, 4.69) is 0 Å². The summed E-state index contributed by atoms with van der Waals surface area (Å²) in [5.41, 5.74) is 0. The van der Waals surface area contributed by atoms with E-state index in [9.17, 15) is 9.59 Å². The third kappa shape index (κ3) is 7.08. The molecule has 0 aromatic carbocycles. The first kappa shape index (κ1) is 9.08. The van der Waals surface area contributed by atoms with Gasteiger partial charge in [0.1, 0.15) is 12.1 Å². The summed E-state index contributed by atoms with van der Waals surface area (Å²) in [5.74, 6) is 0.208. The van der Waals surface area contributed by atoms with Crippen molar-refractivity contribution < 1.29 is 9.59 Å². The van der Waals surface area contributed by atoms with Gasteiger partial charge in [-0.25, -0.2) is 0 Å². The summed E-state index contributed by atoms with van der Waals surface area (Å²) in [5, 5.41) is 0. The van der Waals surface area contributed by atoms with Crippen LogP contribution < -0.4 is 0 Å². The molecule has 10 heavy (non-hydrogen) atoms. The molecule has 0 aliphatic carbocycles. The molecule has 56 valence electrons. The van der Waals surface area contributed by atoms with Gasteiger partial charge in [-0.1, -0.05) is 6.08 Å². The molecule has 0 rings (SSSR count). The fourth-order valence-corrected chi connectivity index (χ4v) is 0.621. The van der Waals surface area contributed by atoms with Crippen LogP contribution in [0.15, 0.2) is 12.2 Å². The Hall–Kier alpha value is -0.920. The average Bonchev–Trinajstić information content (AvgIpc) is 1.87. The first-order valence-electron chi connectivity index (χ1n) is 3.37. The van der Waals surface area contributed by atoms with Gasteiger partial charge in [-0.15, -0.1) is 0 Å². The van der Waals surface area contributed by atoms with E-state index in [-0.39, 0.29) is 5.78 Å². The van der Waals surface area contributed by atoms with E-state index in [4.69, 9.17) is 0 Å². The summed E-state index contributed by atoms with van der Waals surface area (Å²) < 4.78 is 0. The molecule has 0 saturated heterocycles. The van der Waals surface area contributed by atoms with Crippen LogP contribution in [0.2, 0.25) is 0 Å². The van der Waals surface area contributed by atoms with Gasteiger partial charge < -0.3 is 4.79 Å². The molecular formula is C8H12O2. The summed E-state index contributed by atoms with van der Waals surface area (Å²) in [6.45, 7) is 1.57. The van der Waals surface area contributed by atoms with Crippen LogP contribution in [-0.2, 0) is 9.59 Å². The lowest BCUT2D eigenvalue weighted by atomic mass is 10.2. The van der Waals surface area contributed by atoms with Crippen molar-refractivity contribution in [1.29, 1.82) is 0 Å². The molecule has 0 spiro atoms. The highest BCUT2D eigenvalue weighted by atomic mass is 16.1. The number of aldehydes is 1. The van der Waals surface area contributed by atoms with E-state index in [1.807, 2.05) is 0 Å². The summed E-state index contributed by atoms with van der Waals surface area (Å²) >= 11 is 0. The highest BCUT2D eigenvalue weighted by Gasteiger charge is 1.89. The molecule has 0 aromatic rings. The fourth-order valence-electron chi connectivity index (χ4n) is 0.621. The van der Waals surface area contributed by atoms with Crippen molar-refractivity contribution in [3.63, 3.8) is 0 Å². The minimum atomic E-state index is 0.208. The monoisotopic (exact) mass is 140 g/mol. The quantitative estimate of drug-likeness (QED) is 0.329. The first-order valence-corrected chi connectivity index (χ1v) is 3.37. The number of carbonyl (C=O) groups excluding carboxylic acids is 2. The minimum absolute atomic E-state index is 0.208. The number of Topliss-reactive ketones (excluding diaryl/α,β-unsaturated/α-hetero) is 1.